The molecule has 160 valence electrons. The van der Waals surface area contributed by atoms with Crippen LogP contribution in [0.5, 0.6) is 11.5 Å². The molecule has 2 heterocycles. The topological polar surface area (TPSA) is 83.0 Å². The van der Waals surface area contributed by atoms with Crippen molar-refractivity contribution in [2.45, 2.75) is 26.9 Å². The number of aromatic hydroxyl groups is 1. The lowest BCUT2D eigenvalue weighted by molar-refractivity contribution is 0.0764. The second kappa shape index (κ2) is 8.22. The number of hydrogen-bond donors (Lipinski definition) is 1. The number of hydrogen-bond acceptors (Lipinski definition) is 5. The van der Waals surface area contributed by atoms with Crippen molar-refractivity contribution in [1.82, 2.24) is 14.8 Å². The molecule has 7 nitrogen and oxygen atoms in total. The van der Waals surface area contributed by atoms with Gasteiger partial charge in [0.25, 0.3) is 5.91 Å². The minimum atomic E-state index is -0.535. The van der Waals surface area contributed by atoms with Gasteiger partial charge in [0.05, 0.1) is 12.1 Å². The van der Waals surface area contributed by atoms with Gasteiger partial charge in [-0.15, -0.1) is 0 Å². The standard InChI is InChI=1S/C23H22FN3O4/c1-3-26(4-2)23(30)31-21-16-6-5-11-25-19(16)20(28)18-17(21)13-27(22(18)29)12-14-7-9-15(24)10-8-14/h5-11,28H,3-4,12-13H2,1-2H3. The first kappa shape index (κ1) is 20.6. The monoisotopic (exact) mass is 423 g/mol. The fourth-order valence-corrected chi connectivity index (χ4v) is 3.80. The number of fused-ring (bicyclic) bond motifs is 2. The van der Waals surface area contributed by atoms with Crippen molar-refractivity contribution >= 4 is 22.9 Å². The molecule has 0 bridgehead atoms. The van der Waals surface area contributed by atoms with E-state index in [9.17, 15) is 19.1 Å². The van der Waals surface area contributed by atoms with Crippen LogP contribution in [0.1, 0.15) is 35.3 Å². The van der Waals surface area contributed by atoms with Crippen LogP contribution in [0.2, 0.25) is 0 Å². The zero-order chi connectivity index (χ0) is 22.1. The fraction of sp³-hybridized carbons (Fsp3) is 0.261. The lowest BCUT2D eigenvalue weighted by Crippen LogP contribution is -2.33. The summed E-state index contributed by atoms with van der Waals surface area (Å²) in [5.74, 6) is -0.771. The molecule has 0 saturated heterocycles. The molecule has 0 atom stereocenters. The van der Waals surface area contributed by atoms with Crippen molar-refractivity contribution in [1.29, 1.82) is 0 Å². The number of ether oxygens (including phenoxy) is 1. The average molecular weight is 423 g/mol. The average Bonchev–Trinajstić information content (AvgIpc) is 3.10. The van der Waals surface area contributed by atoms with Crippen LogP contribution in [0.3, 0.4) is 0 Å². The molecule has 1 N–H and O–H groups in total. The maximum Gasteiger partial charge on any atom is 0.415 e. The second-order valence-electron chi connectivity index (χ2n) is 7.26. The first-order chi connectivity index (χ1) is 14.9. The molecule has 0 aliphatic carbocycles. The Morgan fingerprint density at radius 2 is 1.94 bits per heavy atom. The summed E-state index contributed by atoms with van der Waals surface area (Å²) in [5, 5.41) is 11.3. The summed E-state index contributed by atoms with van der Waals surface area (Å²) in [4.78, 5) is 33.0. The number of rotatable bonds is 5. The van der Waals surface area contributed by atoms with Crippen LogP contribution in [-0.4, -0.2) is 45.0 Å². The van der Waals surface area contributed by atoms with Gasteiger partial charge in [-0.05, 0) is 43.7 Å². The Bertz CT molecular complexity index is 1160. The molecule has 0 saturated carbocycles. The molecule has 2 amide bonds. The summed E-state index contributed by atoms with van der Waals surface area (Å²) in [6, 6.07) is 9.23. The van der Waals surface area contributed by atoms with Gasteiger partial charge in [0, 0.05) is 36.8 Å². The Morgan fingerprint density at radius 3 is 2.61 bits per heavy atom. The quantitative estimate of drug-likeness (QED) is 0.669. The molecule has 4 rings (SSSR count). The largest absolute Gasteiger partial charge is 0.505 e. The Balaban J connectivity index is 1.78. The molecule has 3 aromatic rings. The van der Waals surface area contributed by atoms with E-state index >= 15 is 0 Å². The molecule has 0 radical (unpaired) electrons. The smallest absolute Gasteiger partial charge is 0.415 e. The highest BCUT2D eigenvalue weighted by Crippen LogP contribution is 2.44. The molecule has 2 aromatic carbocycles. The lowest BCUT2D eigenvalue weighted by Gasteiger charge is -2.20. The highest BCUT2D eigenvalue weighted by Gasteiger charge is 2.36. The van der Waals surface area contributed by atoms with Crippen LogP contribution in [0.4, 0.5) is 9.18 Å². The van der Waals surface area contributed by atoms with Crippen LogP contribution in [0.15, 0.2) is 42.6 Å². The van der Waals surface area contributed by atoms with Crippen molar-refractivity contribution in [3.63, 3.8) is 0 Å². The first-order valence-electron chi connectivity index (χ1n) is 10.1. The van der Waals surface area contributed by atoms with Gasteiger partial charge in [-0.2, -0.15) is 0 Å². The van der Waals surface area contributed by atoms with E-state index in [1.165, 1.54) is 28.1 Å². The van der Waals surface area contributed by atoms with Gasteiger partial charge in [0.1, 0.15) is 17.1 Å². The number of aromatic nitrogens is 1. The SMILES string of the molecule is CCN(CC)C(=O)Oc1c2c(c(O)c3ncccc13)C(=O)N(Cc1ccc(F)cc1)C2. The second-order valence-corrected chi connectivity index (χ2v) is 7.26. The zero-order valence-electron chi connectivity index (χ0n) is 17.3. The first-order valence-corrected chi connectivity index (χ1v) is 10.1. The predicted molar refractivity (Wildman–Crippen MR) is 112 cm³/mol. The highest BCUT2D eigenvalue weighted by atomic mass is 19.1. The van der Waals surface area contributed by atoms with Crippen molar-refractivity contribution in [2.24, 2.45) is 0 Å². The van der Waals surface area contributed by atoms with Gasteiger partial charge < -0.3 is 19.6 Å². The minimum Gasteiger partial charge on any atom is -0.505 e. The molecule has 0 unspecified atom stereocenters. The van der Waals surface area contributed by atoms with Crippen LogP contribution < -0.4 is 4.74 Å². The van der Waals surface area contributed by atoms with Gasteiger partial charge in [0.15, 0.2) is 5.75 Å². The maximum absolute atomic E-state index is 13.2. The number of amides is 2. The number of nitrogens with zero attached hydrogens (tertiary/aromatic N) is 3. The van der Waals surface area contributed by atoms with Crippen molar-refractivity contribution < 1.29 is 23.8 Å². The summed E-state index contributed by atoms with van der Waals surface area (Å²) >= 11 is 0. The number of carbonyl (C=O) groups excluding carboxylic acids is 2. The van der Waals surface area contributed by atoms with Crippen molar-refractivity contribution in [3.8, 4) is 11.5 Å². The van der Waals surface area contributed by atoms with Gasteiger partial charge in [0.2, 0.25) is 0 Å². The number of pyridine rings is 1. The number of halogens is 1. The summed E-state index contributed by atoms with van der Waals surface area (Å²) in [6.45, 7) is 5.01. The summed E-state index contributed by atoms with van der Waals surface area (Å²) in [5.41, 5.74) is 1.45. The fourth-order valence-electron chi connectivity index (χ4n) is 3.80. The van der Waals surface area contributed by atoms with E-state index in [0.717, 1.165) is 5.56 Å². The van der Waals surface area contributed by atoms with E-state index in [4.69, 9.17) is 4.74 Å². The Hall–Kier alpha value is -3.68. The summed E-state index contributed by atoms with van der Waals surface area (Å²) < 4.78 is 19.0. The maximum atomic E-state index is 13.2. The van der Waals surface area contributed by atoms with Crippen molar-refractivity contribution in [2.75, 3.05) is 13.1 Å². The Kier molecular flexibility index (Phi) is 5.46. The number of carbonyl (C=O) groups is 2. The molecule has 31 heavy (non-hydrogen) atoms. The van der Waals surface area contributed by atoms with Crippen LogP contribution in [0, 0.1) is 5.82 Å². The molecule has 0 fully saturated rings. The zero-order valence-corrected chi connectivity index (χ0v) is 17.3. The lowest BCUT2D eigenvalue weighted by atomic mass is 10.0. The molecule has 0 spiro atoms. The van der Waals surface area contributed by atoms with Gasteiger partial charge in [-0.1, -0.05) is 12.1 Å². The normalized spacial score (nSPS) is 12.9. The highest BCUT2D eigenvalue weighted by molar-refractivity contribution is 6.09. The summed E-state index contributed by atoms with van der Waals surface area (Å²) in [7, 11) is 0. The number of phenols is 1. The van der Waals surface area contributed by atoms with E-state index in [1.54, 1.807) is 24.3 Å². The van der Waals surface area contributed by atoms with E-state index in [0.29, 0.717) is 24.0 Å². The Labute approximate surface area is 178 Å². The number of phenolic OH excluding ortho intramolecular Hbond substituents is 1. The third-order valence-electron chi connectivity index (χ3n) is 5.44. The van der Waals surface area contributed by atoms with E-state index < -0.39 is 12.0 Å². The minimum absolute atomic E-state index is 0.0793. The van der Waals surface area contributed by atoms with Crippen LogP contribution in [0.25, 0.3) is 10.9 Å². The molecular formula is C23H22FN3O4. The third kappa shape index (κ3) is 3.65. The molecule has 1 aliphatic heterocycles. The molecule has 1 aromatic heterocycles. The van der Waals surface area contributed by atoms with Gasteiger partial charge in [-0.3, -0.25) is 9.78 Å². The van der Waals surface area contributed by atoms with Crippen molar-refractivity contribution in [3.05, 3.63) is 65.1 Å². The number of benzene rings is 2. The predicted octanol–water partition coefficient (Wildman–Crippen LogP) is 4.08. The van der Waals surface area contributed by atoms with Crippen LogP contribution >= 0.6 is 0 Å². The molecule has 8 heteroatoms. The third-order valence-corrected chi connectivity index (χ3v) is 5.44. The molecular weight excluding hydrogens is 401 g/mol. The Morgan fingerprint density at radius 1 is 1.23 bits per heavy atom. The molecule has 1 aliphatic rings. The van der Waals surface area contributed by atoms with Crippen LogP contribution in [-0.2, 0) is 13.1 Å². The van der Waals surface area contributed by atoms with E-state index in [1.807, 2.05) is 13.8 Å². The van der Waals surface area contributed by atoms with E-state index in [-0.39, 0.29) is 41.5 Å². The van der Waals surface area contributed by atoms with Gasteiger partial charge in [-0.25, -0.2) is 9.18 Å². The van der Waals surface area contributed by atoms with Gasteiger partial charge >= 0.3 is 6.09 Å². The summed E-state index contributed by atoms with van der Waals surface area (Å²) in [6.07, 6.45) is 0.965. The van der Waals surface area contributed by atoms with E-state index in [2.05, 4.69) is 4.98 Å².